The van der Waals surface area contributed by atoms with E-state index in [1.54, 1.807) is 17.0 Å². The van der Waals surface area contributed by atoms with Gasteiger partial charge in [0, 0.05) is 26.2 Å². The van der Waals surface area contributed by atoms with E-state index in [1.807, 2.05) is 12.1 Å². The van der Waals surface area contributed by atoms with Crippen LogP contribution in [-0.2, 0) is 21.2 Å². The maximum Gasteiger partial charge on any atom is 0.243 e. The largest absolute Gasteiger partial charge is 0.339 e. The smallest absolute Gasteiger partial charge is 0.243 e. The second-order valence-electron chi connectivity index (χ2n) is 7.13. The van der Waals surface area contributed by atoms with E-state index in [0.29, 0.717) is 31.1 Å². The highest BCUT2D eigenvalue weighted by atomic mass is 35.5. The third-order valence-electron chi connectivity index (χ3n) is 5.26. The number of aryl methyl sites for hydroxylation is 1. The topological polar surface area (TPSA) is 69.7 Å². The number of carbonyl (C=O) groups is 1. The van der Waals surface area contributed by atoms with Crippen LogP contribution in [0.4, 0.5) is 0 Å². The first-order valence-electron chi connectivity index (χ1n) is 9.63. The summed E-state index contributed by atoms with van der Waals surface area (Å²) in [6, 6.07) is 7.08. The molecule has 2 fully saturated rings. The molecule has 0 aromatic heterocycles. The van der Waals surface area contributed by atoms with Crippen molar-refractivity contribution in [1.29, 1.82) is 0 Å². The van der Waals surface area contributed by atoms with Crippen LogP contribution in [0.1, 0.15) is 38.2 Å². The summed E-state index contributed by atoms with van der Waals surface area (Å²) in [5.74, 6) is 0.116. The number of piperidine rings is 1. The number of amides is 1. The molecule has 1 aromatic rings. The Hall–Kier alpha value is -1.15. The quantitative estimate of drug-likeness (QED) is 0.798. The van der Waals surface area contributed by atoms with Gasteiger partial charge < -0.3 is 10.2 Å². The molecule has 1 unspecified atom stereocenters. The van der Waals surface area contributed by atoms with E-state index in [2.05, 4.69) is 12.2 Å². The fourth-order valence-electron chi connectivity index (χ4n) is 3.70. The van der Waals surface area contributed by atoms with Crippen molar-refractivity contribution in [3.63, 3.8) is 0 Å². The number of halogens is 1. The van der Waals surface area contributed by atoms with Crippen LogP contribution in [0.25, 0.3) is 0 Å². The summed E-state index contributed by atoms with van der Waals surface area (Å²) in [4.78, 5) is 14.7. The van der Waals surface area contributed by atoms with Crippen LogP contribution in [0.2, 0.25) is 0 Å². The van der Waals surface area contributed by atoms with Gasteiger partial charge in [-0.25, -0.2) is 8.42 Å². The van der Waals surface area contributed by atoms with Crippen LogP contribution >= 0.6 is 12.4 Å². The number of sulfonamides is 1. The van der Waals surface area contributed by atoms with Crippen molar-refractivity contribution in [2.45, 2.75) is 50.0 Å². The standard InChI is InChI=1S/C19H29N3O3S.ClH/c1-2-5-16-7-9-17(10-8-16)26(24,25)22-14-12-21(13-15-22)19(23)18-6-3-4-11-20-18;/h7-10,18,20H,2-6,11-15H2,1H3;1H. The van der Waals surface area contributed by atoms with E-state index in [9.17, 15) is 13.2 Å². The van der Waals surface area contributed by atoms with E-state index >= 15 is 0 Å². The molecule has 3 rings (SSSR count). The second-order valence-corrected chi connectivity index (χ2v) is 9.06. The fraction of sp³-hybridized carbons (Fsp3) is 0.632. The average Bonchev–Trinajstić information content (AvgIpc) is 2.69. The summed E-state index contributed by atoms with van der Waals surface area (Å²) in [5.41, 5.74) is 1.15. The molecule has 27 heavy (non-hydrogen) atoms. The van der Waals surface area contributed by atoms with Crippen molar-refractivity contribution in [1.82, 2.24) is 14.5 Å². The third kappa shape index (κ3) is 5.22. The number of hydrogen-bond acceptors (Lipinski definition) is 4. The molecule has 2 saturated heterocycles. The Balaban J connectivity index is 0.00000261. The minimum absolute atomic E-state index is 0. The van der Waals surface area contributed by atoms with Gasteiger partial charge in [-0.15, -0.1) is 12.4 Å². The van der Waals surface area contributed by atoms with Crippen LogP contribution in [0, 0.1) is 0 Å². The third-order valence-corrected chi connectivity index (χ3v) is 7.17. The van der Waals surface area contributed by atoms with Crippen molar-refractivity contribution in [3.8, 4) is 0 Å². The molecule has 8 heteroatoms. The van der Waals surface area contributed by atoms with Crippen molar-refractivity contribution in [2.24, 2.45) is 0 Å². The number of nitrogens with zero attached hydrogens (tertiary/aromatic N) is 2. The van der Waals surface area contributed by atoms with Gasteiger partial charge in [0.2, 0.25) is 15.9 Å². The summed E-state index contributed by atoms with van der Waals surface area (Å²) in [6.45, 7) is 4.64. The van der Waals surface area contributed by atoms with Gasteiger partial charge in [0.1, 0.15) is 0 Å². The molecule has 6 nitrogen and oxygen atoms in total. The summed E-state index contributed by atoms with van der Waals surface area (Å²) < 4.78 is 27.2. The van der Waals surface area contributed by atoms with Gasteiger partial charge >= 0.3 is 0 Å². The van der Waals surface area contributed by atoms with Crippen LogP contribution in [-0.4, -0.2) is 62.3 Å². The molecule has 1 aromatic carbocycles. The van der Waals surface area contributed by atoms with Crippen LogP contribution in [0.5, 0.6) is 0 Å². The predicted molar refractivity (Wildman–Crippen MR) is 109 cm³/mol. The Labute approximate surface area is 168 Å². The molecule has 2 heterocycles. The number of piperazine rings is 1. The summed E-state index contributed by atoms with van der Waals surface area (Å²) in [6.07, 6.45) is 5.06. The number of benzene rings is 1. The van der Waals surface area contributed by atoms with Crippen molar-refractivity contribution < 1.29 is 13.2 Å². The Morgan fingerprint density at radius 1 is 1.11 bits per heavy atom. The molecule has 0 spiro atoms. The molecule has 0 bridgehead atoms. The zero-order valence-corrected chi connectivity index (χ0v) is 17.5. The molecule has 0 aliphatic carbocycles. The number of rotatable bonds is 5. The predicted octanol–water partition coefficient (Wildman–Crippen LogP) is 2.04. The minimum atomic E-state index is -3.49. The number of hydrogen-bond donors (Lipinski definition) is 1. The number of carbonyl (C=O) groups excluding carboxylic acids is 1. The monoisotopic (exact) mass is 415 g/mol. The highest BCUT2D eigenvalue weighted by Crippen LogP contribution is 2.20. The molecule has 152 valence electrons. The molecule has 1 amide bonds. The Kier molecular flexibility index (Phi) is 8.09. The lowest BCUT2D eigenvalue weighted by atomic mass is 10.0. The first kappa shape index (κ1) is 22.1. The molecular weight excluding hydrogens is 386 g/mol. The Morgan fingerprint density at radius 2 is 1.78 bits per heavy atom. The fourth-order valence-corrected chi connectivity index (χ4v) is 5.12. The zero-order chi connectivity index (χ0) is 18.6. The highest BCUT2D eigenvalue weighted by Gasteiger charge is 2.32. The maximum absolute atomic E-state index is 12.8. The van der Waals surface area contributed by atoms with Gasteiger partial charge in [-0.05, 0) is 43.5 Å². The lowest BCUT2D eigenvalue weighted by Crippen LogP contribution is -2.55. The van der Waals surface area contributed by atoms with Crippen molar-refractivity contribution in [2.75, 3.05) is 32.7 Å². The van der Waals surface area contributed by atoms with Gasteiger partial charge in [-0.1, -0.05) is 31.9 Å². The average molecular weight is 416 g/mol. The van der Waals surface area contributed by atoms with E-state index in [4.69, 9.17) is 0 Å². The molecule has 1 N–H and O–H groups in total. The van der Waals surface area contributed by atoms with Crippen molar-refractivity contribution in [3.05, 3.63) is 29.8 Å². The van der Waals surface area contributed by atoms with Gasteiger partial charge in [-0.3, -0.25) is 4.79 Å². The Morgan fingerprint density at radius 3 is 2.33 bits per heavy atom. The normalized spacial score (nSPS) is 21.5. The highest BCUT2D eigenvalue weighted by molar-refractivity contribution is 7.89. The van der Waals surface area contributed by atoms with E-state index in [1.165, 1.54) is 4.31 Å². The Bertz CT molecular complexity index is 710. The van der Waals surface area contributed by atoms with E-state index in [0.717, 1.165) is 44.2 Å². The first-order valence-corrected chi connectivity index (χ1v) is 11.1. The summed E-state index contributed by atoms with van der Waals surface area (Å²) in [5, 5.41) is 3.28. The molecule has 2 aliphatic rings. The molecular formula is C19H30ClN3O3S. The lowest BCUT2D eigenvalue weighted by molar-refractivity contribution is -0.135. The van der Waals surface area contributed by atoms with Crippen LogP contribution in [0.15, 0.2) is 29.2 Å². The van der Waals surface area contributed by atoms with E-state index < -0.39 is 10.0 Å². The van der Waals surface area contributed by atoms with Gasteiger partial charge in [0.05, 0.1) is 10.9 Å². The molecule has 2 aliphatic heterocycles. The van der Waals surface area contributed by atoms with Crippen LogP contribution < -0.4 is 5.32 Å². The van der Waals surface area contributed by atoms with Gasteiger partial charge in [0.15, 0.2) is 0 Å². The lowest BCUT2D eigenvalue weighted by Gasteiger charge is -2.36. The van der Waals surface area contributed by atoms with Crippen LogP contribution in [0.3, 0.4) is 0 Å². The second kappa shape index (κ2) is 9.87. The van der Waals surface area contributed by atoms with Gasteiger partial charge in [-0.2, -0.15) is 4.31 Å². The molecule has 0 saturated carbocycles. The maximum atomic E-state index is 12.8. The van der Waals surface area contributed by atoms with Crippen molar-refractivity contribution >= 4 is 28.3 Å². The zero-order valence-electron chi connectivity index (χ0n) is 15.9. The van der Waals surface area contributed by atoms with Gasteiger partial charge in [0.25, 0.3) is 0 Å². The molecule has 0 radical (unpaired) electrons. The first-order chi connectivity index (χ1) is 12.5. The number of nitrogens with one attached hydrogen (secondary N) is 1. The summed E-state index contributed by atoms with van der Waals surface area (Å²) >= 11 is 0. The molecule has 1 atom stereocenters. The minimum Gasteiger partial charge on any atom is -0.339 e. The summed E-state index contributed by atoms with van der Waals surface area (Å²) in [7, 11) is -3.49. The van der Waals surface area contributed by atoms with E-state index in [-0.39, 0.29) is 24.4 Å². The SMILES string of the molecule is CCCc1ccc(S(=O)(=O)N2CCN(C(=O)C3CCCCN3)CC2)cc1.Cl.